The predicted molar refractivity (Wildman–Crippen MR) is 217 cm³/mol. The SMILES string of the molecule is CCCCCC=CCC=CCC=CCCCCCCC(=O)OCC(COP(=O)(O)OCC(N)C(=O)O)OC(=O)CCCCCCCCCCCCCCC. The third kappa shape index (κ3) is 36.7. The highest BCUT2D eigenvalue weighted by molar-refractivity contribution is 7.47. The summed E-state index contributed by atoms with van der Waals surface area (Å²) >= 11 is 0. The number of phosphoric acid groups is 1. The van der Waals surface area contributed by atoms with E-state index in [2.05, 4.69) is 54.8 Å². The third-order valence-electron chi connectivity index (χ3n) is 8.89. The van der Waals surface area contributed by atoms with E-state index in [0.717, 1.165) is 57.8 Å². The van der Waals surface area contributed by atoms with Gasteiger partial charge in [0.15, 0.2) is 6.10 Å². The number of hydrogen-bond acceptors (Lipinski definition) is 9. The van der Waals surface area contributed by atoms with Crippen molar-refractivity contribution in [3.8, 4) is 0 Å². The quantitative estimate of drug-likeness (QED) is 0.0234. The number of unbranched alkanes of at least 4 members (excludes halogenated alkanes) is 19. The molecule has 3 atom stereocenters. The molecule has 54 heavy (non-hydrogen) atoms. The molecule has 0 saturated carbocycles. The molecule has 4 N–H and O–H groups in total. The molecule has 0 aliphatic rings. The van der Waals surface area contributed by atoms with E-state index in [1.54, 1.807) is 0 Å². The van der Waals surface area contributed by atoms with Crippen LogP contribution in [0.5, 0.6) is 0 Å². The number of hydrogen-bond donors (Lipinski definition) is 3. The molecule has 11 nitrogen and oxygen atoms in total. The van der Waals surface area contributed by atoms with Crippen molar-refractivity contribution in [2.45, 2.75) is 193 Å². The van der Waals surface area contributed by atoms with Gasteiger partial charge in [-0.05, 0) is 51.4 Å². The summed E-state index contributed by atoms with van der Waals surface area (Å²) in [5.41, 5.74) is 5.32. The van der Waals surface area contributed by atoms with Crippen molar-refractivity contribution in [3.63, 3.8) is 0 Å². The van der Waals surface area contributed by atoms with E-state index in [0.29, 0.717) is 12.8 Å². The maximum absolute atomic E-state index is 12.6. The fourth-order valence-electron chi connectivity index (χ4n) is 5.54. The van der Waals surface area contributed by atoms with E-state index in [9.17, 15) is 23.8 Å². The number of phosphoric ester groups is 1. The summed E-state index contributed by atoms with van der Waals surface area (Å²) in [7, 11) is -4.72. The Morgan fingerprint density at radius 1 is 0.574 bits per heavy atom. The first kappa shape index (κ1) is 51.7. The first-order chi connectivity index (χ1) is 26.1. The van der Waals surface area contributed by atoms with Gasteiger partial charge in [0.05, 0.1) is 13.2 Å². The highest BCUT2D eigenvalue weighted by Crippen LogP contribution is 2.43. The van der Waals surface area contributed by atoms with Crippen LogP contribution in [-0.4, -0.2) is 59.9 Å². The zero-order valence-corrected chi connectivity index (χ0v) is 34.7. The number of carbonyl (C=O) groups is 3. The maximum Gasteiger partial charge on any atom is 0.472 e. The molecule has 0 aromatic rings. The van der Waals surface area contributed by atoms with E-state index < -0.39 is 51.1 Å². The van der Waals surface area contributed by atoms with Crippen molar-refractivity contribution in [2.24, 2.45) is 5.73 Å². The summed E-state index contributed by atoms with van der Waals surface area (Å²) in [4.78, 5) is 45.9. The number of ether oxygens (including phenoxy) is 2. The van der Waals surface area contributed by atoms with Gasteiger partial charge in [0.1, 0.15) is 12.6 Å². The summed E-state index contributed by atoms with van der Waals surface area (Å²) in [6, 6.07) is -1.52. The molecule has 0 aromatic carbocycles. The van der Waals surface area contributed by atoms with E-state index in [-0.39, 0.29) is 19.4 Å². The molecular weight excluding hydrogens is 709 g/mol. The summed E-state index contributed by atoms with van der Waals surface area (Å²) in [5.74, 6) is -2.40. The summed E-state index contributed by atoms with van der Waals surface area (Å²) < 4.78 is 32.6. The minimum absolute atomic E-state index is 0.158. The molecule has 3 unspecified atom stereocenters. The van der Waals surface area contributed by atoms with E-state index in [1.807, 2.05) is 0 Å². The van der Waals surface area contributed by atoms with Crippen molar-refractivity contribution < 1.29 is 47.5 Å². The van der Waals surface area contributed by atoms with Crippen LogP contribution >= 0.6 is 7.82 Å². The Balaban J connectivity index is 4.41. The average Bonchev–Trinajstić information content (AvgIpc) is 3.14. The number of nitrogens with two attached hydrogens (primary N) is 1. The van der Waals surface area contributed by atoms with Gasteiger partial charge < -0.3 is 25.2 Å². The monoisotopic (exact) mass is 786 g/mol. The largest absolute Gasteiger partial charge is 0.480 e. The number of carbonyl (C=O) groups excluding carboxylic acids is 2. The van der Waals surface area contributed by atoms with Gasteiger partial charge in [-0.2, -0.15) is 0 Å². The summed E-state index contributed by atoms with van der Waals surface area (Å²) in [5, 5.41) is 8.87. The lowest BCUT2D eigenvalue weighted by Gasteiger charge is -2.20. The molecule has 0 rings (SSSR count). The van der Waals surface area contributed by atoms with Crippen LogP contribution in [0.25, 0.3) is 0 Å². The predicted octanol–water partition coefficient (Wildman–Crippen LogP) is 10.8. The van der Waals surface area contributed by atoms with Gasteiger partial charge in [-0.3, -0.25) is 23.4 Å². The van der Waals surface area contributed by atoms with Crippen molar-refractivity contribution in [1.29, 1.82) is 0 Å². The topological polar surface area (TPSA) is 172 Å². The van der Waals surface area contributed by atoms with Crippen molar-refractivity contribution in [1.82, 2.24) is 0 Å². The molecule has 0 spiro atoms. The zero-order chi connectivity index (χ0) is 40.0. The lowest BCUT2D eigenvalue weighted by atomic mass is 10.0. The molecular formula is C42H76NO10P. The van der Waals surface area contributed by atoms with Crippen LogP contribution in [-0.2, 0) is 37.5 Å². The molecule has 0 aliphatic heterocycles. The second-order valence-electron chi connectivity index (χ2n) is 14.1. The molecule has 314 valence electrons. The molecule has 0 aliphatic carbocycles. The number of carboxylic acids is 1. The highest BCUT2D eigenvalue weighted by atomic mass is 31.2. The highest BCUT2D eigenvalue weighted by Gasteiger charge is 2.28. The summed E-state index contributed by atoms with van der Waals surface area (Å²) in [6.45, 7) is 2.75. The third-order valence-corrected chi connectivity index (χ3v) is 9.84. The molecule has 0 saturated heterocycles. The molecule has 12 heteroatoms. The van der Waals surface area contributed by atoms with E-state index in [1.165, 1.54) is 83.5 Å². The van der Waals surface area contributed by atoms with E-state index in [4.69, 9.17) is 24.8 Å². The fourth-order valence-corrected chi connectivity index (χ4v) is 6.32. The Labute approximate surface area is 327 Å². The van der Waals surface area contributed by atoms with Crippen LogP contribution in [0.4, 0.5) is 0 Å². The molecule has 0 heterocycles. The van der Waals surface area contributed by atoms with Crippen LogP contribution in [0.1, 0.15) is 181 Å². The standard InChI is InChI=1S/C42H76NO10P/c1-3-5-7-9-11-13-15-17-18-19-20-22-23-25-27-29-31-33-40(44)50-35-38(36-51-54(48,49)52-37-39(43)42(46)47)53-41(45)34-32-30-28-26-24-21-16-14-12-10-8-6-4-2/h11,13,17-18,20,22,38-39H,3-10,12,14-16,19,21,23-37,43H2,1-2H3,(H,46,47)(H,48,49). The minimum Gasteiger partial charge on any atom is -0.480 e. The molecule has 0 fully saturated rings. The lowest BCUT2D eigenvalue weighted by Crippen LogP contribution is -2.34. The Hall–Kier alpha value is -2.30. The Bertz CT molecular complexity index is 1060. The number of rotatable bonds is 39. The average molecular weight is 786 g/mol. The molecule has 0 bridgehead atoms. The number of esters is 2. The normalized spacial score (nSPS) is 14.1. The maximum atomic E-state index is 12.6. The van der Waals surface area contributed by atoms with Crippen LogP contribution in [0.3, 0.4) is 0 Å². The second kappa shape index (κ2) is 37.6. The molecule has 0 amide bonds. The molecule has 0 radical (unpaired) electrons. The van der Waals surface area contributed by atoms with Gasteiger partial charge in [0.2, 0.25) is 0 Å². The van der Waals surface area contributed by atoms with Gasteiger partial charge in [0.25, 0.3) is 0 Å². The first-order valence-electron chi connectivity index (χ1n) is 21.0. The number of allylic oxidation sites excluding steroid dienone is 6. The Morgan fingerprint density at radius 2 is 0.981 bits per heavy atom. The number of aliphatic carboxylic acids is 1. The second-order valence-corrected chi connectivity index (χ2v) is 15.6. The van der Waals surface area contributed by atoms with Crippen molar-refractivity contribution in [2.75, 3.05) is 19.8 Å². The van der Waals surface area contributed by atoms with E-state index >= 15 is 0 Å². The zero-order valence-electron chi connectivity index (χ0n) is 33.8. The fraction of sp³-hybridized carbons (Fsp3) is 0.786. The van der Waals surface area contributed by atoms with Crippen molar-refractivity contribution >= 4 is 25.7 Å². The summed E-state index contributed by atoms with van der Waals surface area (Å²) in [6.07, 6.45) is 39.2. The van der Waals surface area contributed by atoms with Crippen LogP contribution < -0.4 is 5.73 Å². The smallest absolute Gasteiger partial charge is 0.472 e. The van der Waals surface area contributed by atoms with Crippen LogP contribution in [0, 0.1) is 0 Å². The molecule has 0 aromatic heterocycles. The van der Waals surface area contributed by atoms with Gasteiger partial charge in [-0.1, -0.05) is 153 Å². The Morgan fingerprint density at radius 3 is 1.50 bits per heavy atom. The minimum atomic E-state index is -4.72. The van der Waals surface area contributed by atoms with Crippen molar-refractivity contribution in [3.05, 3.63) is 36.5 Å². The van der Waals surface area contributed by atoms with Crippen LogP contribution in [0.15, 0.2) is 36.5 Å². The van der Waals surface area contributed by atoms with Gasteiger partial charge >= 0.3 is 25.7 Å². The van der Waals surface area contributed by atoms with Gasteiger partial charge in [0, 0.05) is 12.8 Å². The van der Waals surface area contributed by atoms with Gasteiger partial charge in [-0.15, -0.1) is 0 Å². The van der Waals surface area contributed by atoms with Gasteiger partial charge in [-0.25, -0.2) is 4.57 Å². The first-order valence-corrected chi connectivity index (χ1v) is 22.5. The number of carboxylic acid groups (broad SMARTS) is 1. The Kier molecular flexibility index (Phi) is 36.0. The van der Waals surface area contributed by atoms with Crippen LogP contribution in [0.2, 0.25) is 0 Å². The lowest BCUT2D eigenvalue weighted by molar-refractivity contribution is -0.161.